The van der Waals surface area contributed by atoms with Crippen LogP contribution in [0.3, 0.4) is 0 Å². The van der Waals surface area contributed by atoms with Gasteiger partial charge in [-0.3, -0.25) is 4.90 Å². The number of rotatable bonds is 6. The van der Waals surface area contributed by atoms with Crippen LogP contribution in [0, 0.1) is 5.92 Å². The summed E-state index contributed by atoms with van der Waals surface area (Å²) in [6, 6.07) is 14.2. The number of halogens is 2. The lowest BCUT2D eigenvalue weighted by molar-refractivity contribution is -0.173. The van der Waals surface area contributed by atoms with E-state index in [1.165, 1.54) is 37.1 Å². The van der Waals surface area contributed by atoms with Gasteiger partial charge in [0.1, 0.15) is 6.10 Å². The van der Waals surface area contributed by atoms with E-state index in [1.54, 1.807) is 30.3 Å². The molecule has 1 saturated carbocycles. The Bertz CT molecular complexity index is 978. The van der Waals surface area contributed by atoms with Crippen molar-refractivity contribution in [1.82, 2.24) is 4.90 Å². The van der Waals surface area contributed by atoms with Crippen LogP contribution < -0.4 is 0 Å². The number of ether oxygens (including phenoxy) is 1. The van der Waals surface area contributed by atoms with E-state index in [-0.39, 0.29) is 22.8 Å². The molecule has 1 N–H and O–H groups in total. The predicted octanol–water partition coefficient (Wildman–Crippen LogP) is 4.81. The first-order chi connectivity index (χ1) is 15.3. The number of benzene rings is 2. The second-order valence-corrected chi connectivity index (χ2v) is 9.65. The Labute approximate surface area is 187 Å². The van der Waals surface area contributed by atoms with Gasteiger partial charge in [-0.1, -0.05) is 54.6 Å². The van der Waals surface area contributed by atoms with E-state index < -0.39 is 18.0 Å². The molecule has 170 valence electrons. The maximum absolute atomic E-state index is 13.5. The van der Waals surface area contributed by atoms with E-state index >= 15 is 0 Å². The fourth-order valence-electron chi connectivity index (χ4n) is 6.01. The van der Waals surface area contributed by atoms with Crippen LogP contribution in [0.25, 0.3) is 0 Å². The van der Waals surface area contributed by atoms with Crippen LogP contribution in [0.4, 0.5) is 8.78 Å². The Kier molecular flexibility index (Phi) is 5.33. The van der Waals surface area contributed by atoms with Gasteiger partial charge in [-0.2, -0.15) is 0 Å². The van der Waals surface area contributed by atoms with E-state index in [4.69, 9.17) is 4.74 Å². The molecule has 2 aliphatic heterocycles. The summed E-state index contributed by atoms with van der Waals surface area (Å²) >= 11 is 0. The summed E-state index contributed by atoms with van der Waals surface area (Å²) in [6.07, 6.45) is 3.35. The van der Waals surface area contributed by atoms with E-state index in [2.05, 4.69) is 11.9 Å². The number of carbonyl (C=O) groups excluding carboxylic acids is 1. The second kappa shape index (κ2) is 7.92. The van der Waals surface area contributed by atoms with Gasteiger partial charge >= 0.3 is 5.97 Å². The van der Waals surface area contributed by atoms with E-state index in [1.807, 2.05) is 0 Å². The number of nitrogens with zero attached hydrogens (tertiary/aromatic N) is 1. The van der Waals surface area contributed by atoms with E-state index in [0.29, 0.717) is 17.5 Å². The molecule has 0 radical (unpaired) electrons. The summed E-state index contributed by atoms with van der Waals surface area (Å²) in [6.45, 7) is 0. The topological polar surface area (TPSA) is 49.8 Å². The molecule has 4 unspecified atom stereocenters. The fraction of sp³-hybridized carbons (Fsp3) is 0.500. The molecular formula is C26H29F2NO3. The maximum Gasteiger partial charge on any atom is 0.347 e. The van der Waals surface area contributed by atoms with Crippen LogP contribution in [0.15, 0.2) is 54.6 Å². The molecule has 3 aliphatic rings. The first-order valence-corrected chi connectivity index (χ1v) is 11.4. The number of aliphatic hydroxyl groups is 1. The van der Waals surface area contributed by atoms with Crippen molar-refractivity contribution in [3.8, 4) is 0 Å². The number of alkyl halides is 2. The first-order valence-electron chi connectivity index (χ1n) is 11.4. The molecule has 32 heavy (non-hydrogen) atoms. The Morgan fingerprint density at radius 2 is 1.75 bits per heavy atom. The normalized spacial score (nSPS) is 29.7. The third-order valence-electron chi connectivity index (χ3n) is 7.96. The zero-order valence-electron chi connectivity index (χ0n) is 18.2. The van der Waals surface area contributed by atoms with Gasteiger partial charge in [0, 0.05) is 30.0 Å². The summed E-state index contributed by atoms with van der Waals surface area (Å²) in [7, 11) is 2.19. The smallest absolute Gasteiger partial charge is 0.347 e. The number of piperidine rings is 1. The minimum absolute atomic E-state index is 0.0949. The van der Waals surface area contributed by atoms with Gasteiger partial charge in [0.25, 0.3) is 6.43 Å². The minimum atomic E-state index is -2.62. The third kappa shape index (κ3) is 3.44. The lowest BCUT2D eigenvalue weighted by atomic mass is 9.82. The van der Waals surface area contributed by atoms with E-state index in [9.17, 15) is 18.7 Å². The van der Waals surface area contributed by atoms with Crippen LogP contribution in [0.2, 0.25) is 0 Å². The van der Waals surface area contributed by atoms with Gasteiger partial charge in [0.15, 0.2) is 0 Å². The lowest BCUT2D eigenvalue weighted by Gasteiger charge is -2.46. The second-order valence-electron chi connectivity index (χ2n) is 9.65. The number of carbonyl (C=O) groups is 1. The van der Waals surface area contributed by atoms with Crippen LogP contribution in [-0.2, 0) is 15.1 Å². The maximum atomic E-state index is 13.5. The highest BCUT2D eigenvalue weighted by atomic mass is 19.3. The Hall–Kier alpha value is -2.31. The van der Waals surface area contributed by atoms with Crippen molar-refractivity contribution in [3.63, 3.8) is 0 Å². The van der Waals surface area contributed by atoms with Crippen molar-refractivity contribution in [2.75, 3.05) is 7.05 Å². The molecule has 2 bridgehead atoms. The molecule has 1 aliphatic carbocycles. The number of hydrogen-bond acceptors (Lipinski definition) is 4. The molecule has 5 rings (SSSR count). The van der Waals surface area contributed by atoms with Gasteiger partial charge in [-0.05, 0) is 49.8 Å². The quantitative estimate of drug-likeness (QED) is 0.654. The van der Waals surface area contributed by atoms with Crippen LogP contribution >= 0.6 is 0 Å². The molecule has 2 saturated heterocycles. The highest BCUT2D eigenvalue weighted by Crippen LogP contribution is 2.55. The highest BCUT2D eigenvalue weighted by Gasteiger charge is 2.58. The third-order valence-corrected chi connectivity index (χ3v) is 7.96. The van der Waals surface area contributed by atoms with E-state index in [0.717, 1.165) is 25.7 Å². The highest BCUT2D eigenvalue weighted by molar-refractivity contribution is 5.85. The van der Waals surface area contributed by atoms with Crippen molar-refractivity contribution in [2.45, 2.75) is 68.2 Å². The summed E-state index contributed by atoms with van der Waals surface area (Å²) in [5.74, 6) is -0.0812. The molecule has 3 fully saturated rings. The van der Waals surface area contributed by atoms with Gasteiger partial charge < -0.3 is 9.84 Å². The molecule has 4 atom stereocenters. The molecule has 0 amide bonds. The largest absolute Gasteiger partial charge is 0.460 e. The molecule has 2 heterocycles. The number of hydrogen-bond donors (Lipinski definition) is 1. The van der Waals surface area contributed by atoms with Gasteiger partial charge in [0.05, 0.1) is 0 Å². The molecule has 2 aromatic rings. The summed E-state index contributed by atoms with van der Waals surface area (Å²) in [5, 5.41) is 11.7. The Balaban J connectivity index is 1.44. The lowest BCUT2D eigenvalue weighted by Crippen LogP contribution is -2.55. The van der Waals surface area contributed by atoms with Gasteiger partial charge in [0.2, 0.25) is 5.60 Å². The molecule has 0 spiro atoms. The molecular weight excluding hydrogens is 412 g/mol. The zero-order valence-corrected chi connectivity index (χ0v) is 18.2. The van der Waals surface area contributed by atoms with Crippen molar-refractivity contribution in [2.24, 2.45) is 5.92 Å². The van der Waals surface area contributed by atoms with Crippen LogP contribution in [-0.4, -0.2) is 40.7 Å². The zero-order chi connectivity index (χ0) is 22.5. The average molecular weight is 442 g/mol. The van der Waals surface area contributed by atoms with Gasteiger partial charge in [-0.15, -0.1) is 0 Å². The molecule has 0 aromatic heterocycles. The van der Waals surface area contributed by atoms with Crippen molar-refractivity contribution < 1.29 is 23.4 Å². The number of esters is 1. The van der Waals surface area contributed by atoms with Gasteiger partial charge in [-0.25, -0.2) is 13.6 Å². The summed E-state index contributed by atoms with van der Waals surface area (Å²) < 4.78 is 32.1. The van der Waals surface area contributed by atoms with Crippen LogP contribution in [0.1, 0.15) is 61.6 Å². The molecule has 2 aromatic carbocycles. The Morgan fingerprint density at radius 3 is 2.38 bits per heavy atom. The van der Waals surface area contributed by atoms with Crippen molar-refractivity contribution in [1.29, 1.82) is 0 Å². The standard InChI is InChI=1S/C26H29F2NO3/c1-29-21-13-14-25(29,18-11-12-18)16-22(15-21)32-24(30)26(31,19-5-3-2-4-6-19)20-9-7-17(8-10-20)23(27)28/h2-10,18,21-23,31H,11-16H2,1H3. The first kappa shape index (κ1) is 21.5. The fourth-order valence-corrected chi connectivity index (χ4v) is 6.01. The predicted molar refractivity (Wildman–Crippen MR) is 116 cm³/mol. The number of fused-ring (bicyclic) bond motifs is 2. The monoisotopic (exact) mass is 441 g/mol. The minimum Gasteiger partial charge on any atom is -0.460 e. The summed E-state index contributed by atoms with van der Waals surface area (Å²) in [5.41, 5.74) is -1.53. The molecule has 4 nitrogen and oxygen atoms in total. The van der Waals surface area contributed by atoms with Crippen LogP contribution in [0.5, 0.6) is 0 Å². The summed E-state index contributed by atoms with van der Waals surface area (Å²) in [4.78, 5) is 16.0. The Morgan fingerprint density at radius 1 is 1.09 bits per heavy atom. The SMILES string of the molecule is CN1C2CCC1(C1CC1)CC(OC(=O)C(O)(c1ccccc1)c1ccc(C(F)F)cc1)C2. The average Bonchev–Trinajstić information content (AvgIpc) is 3.63. The van der Waals surface area contributed by atoms with Crippen molar-refractivity contribution >= 4 is 5.97 Å². The molecule has 6 heteroatoms. The van der Waals surface area contributed by atoms with Crippen molar-refractivity contribution in [3.05, 3.63) is 71.3 Å².